The number of benzene rings is 1. The van der Waals surface area contributed by atoms with E-state index in [9.17, 15) is 4.79 Å². The van der Waals surface area contributed by atoms with Crippen LogP contribution in [0, 0.1) is 6.92 Å². The minimum Gasteiger partial charge on any atom is -0.496 e. The Morgan fingerprint density at radius 2 is 2.21 bits per heavy atom. The Morgan fingerprint density at radius 1 is 1.42 bits per heavy atom. The Labute approximate surface area is 116 Å². The lowest BCUT2D eigenvalue weighted by molar-refractivity contribution is 0.0922. The van der Waals surface area contributed by atoms with Gasteiger partial charge in [0, 0.05) is 22.7 Å². The fraction of sp³-hybridized carbons (Fsp3) is 0.214. The fourth-order valence-corrected chi connectivity index (χ4v) is 1.99. The molecule has 1 heterocycles. The number of amides is 1. The van der Waals surface area contributed by atoms with Crippen LogP contribution in [0.2, 0.25) is 5.02 Å². The quantitative estimate of drug-likeness (QED) is 0.935. The van der Waals surface area contributed by atoms with Crippen LogP contribution in [0.1, 0.15) is 21.7 Å². The predicted octanol–water partition coefficient (Wildman–Crippen LogP) is 3.18. The lowest BCUT2D eigenvalue weighted by Gasteiger charge is -2.11. The Bertz CT molecular complexity index is 592. The number of hydrogen-bond acceptors (Lipinski definition) is 3. The van der Waals surface area contributed by atoms with Crippen molar-refractivity contribution in [1.82, 2.24) is 5.32 Å². The molecule has 5 heteroatoms. The van der Waals surface area contributed by atoms with Gasteiger partial charge >= 0.3 is 0 Å². The van der Waals surface area contributed by atoms with Crippen molar-refractivity contribution in [3.05, 3.63) is 52.4 Å². The molecular weight excluding hydrogens is 266 g/mol. The van der Waals surface area contributed by atoms with E-state index < -0.39 is 0 Å². The molecule has 0 aliphatic heterocycles. The van der Waals surface area contributed by atoms with Crippen molar-refractivity contribution in [2.75, 3.05) is 7.11 Å². The molecule has 0 saturated carbocycles. The average molecular weight is 280 g/mol. The van der Waals surface area contributed by atoms with E-state index in [1.807, 2.05) is 6.92 Å². The molecule has 2 rings (SSSR count). The van der Waals surface area contributed by atoms with Crippen LogP contribution in [0.25, 0.3) is 0 Å². The number of halogens is 1. The maximum Gasteiger partial charge on any atom is 0.287 e. The Morgan fingerprint density at radius 3 is 2.84 bits per heavy atom. The van der Waals surface area contributed by atoms with E-state index in [4.69, 9.17) is 20.8 Å². The van der Waals surface area contributed by atoms with Crippen LogP contribution >= 0.6 is 11.6 Å². The number of hydrogen-bond donors (Lipinski definition) is 1. The minimum absolute atomic E-state index is 0.274. The Kier molecular flexibility index (Phi) is 4.12. The maximum absolute atomic E-state index is 11.9. The minimum atomic E-state index is -0.274. The van der Waals surface area contributed by atoms with Crippen LogP contribution in [0.15, 0.2) is 34.9 Å². The van der Waals surface area contributed by atoms with Gasteiger partial charge in [-0.2, -0.15) is 0 Å². The van der Waals surface area contributed by atoms with E-state index in [0.29, 0.717) is 16.5 Å². The highest BCUT2D eigenvalue weighted by Crippen LogP contribution is 2.26. The molecule has 0 bridgehead atoms. The van der Waals surface area contributed by atoms with Gasteiger partial charge in [-0.3, -0.25) is 4.79 Å². The standard InChI is InChI=1S/C14H14ClNO3/c1-9-6-7-19-13(9)14(17)16-8-10-11(15)4-3-5-12(10)18-2/h3-7H,8H2,1-2H3,(H,16,17). The second kappa shape index (κ2) is 5.80. The van der Waals surface area contributed by atoms with Gasteiger partial charge in [0.15, 0.2) is 5.76 Å². The second-order valence-electron chi connectivity index (χ2n) is 4.04. The van der Waals surface area contributed by atoms with Crippen molar-refractivity contribution in [3.63, 3.8) is 0 Å². The third-order valence-corrected chi connectivity index (χ3v) is 3.14. The summed E-state index contributed by atoms with van der Waals surface area (Å²) in [4.78, 5) is 11.9. The number of nitrogens with one attached hydrogen (secondary N) is 1. The molecule has 1 N–H and O–H groups in total. The van der Waals surface area contributed by atoms with E-state index >= 15 is 0 Å². The topological polar surface area (TPSA) is 51.5 Å². The number of carbonyl (C=O) groups is 1. The third-order valence-electron chi connectivity index (χ3n) is 2.79. The maximum atomic E-state index is 11.9. The molecule has 0 aliphatic carbocycles. The molecule has 19 heavy (non-hydrogen) atoms. The molecule has 2 aromatic rings. The zero-order valence-electron chi connectivity index (χ0n) is 10.7. The predicted molar refractivity (Wildman–Crippen MR) is 72.6 cm³/mol. The third kappa shape index (κ3) is 2.90. The van der Waals surface area contributed by atoms with E-state index in [2.05, 4.69) is 5.32 Å². The molecule has 1 aromatic heterocycles. The van der Waals surface area contributed by atoms with Gasteiger partial charge in [0.2, 0.25) is 0 Å². The Hall–Kier alpha value is -1.94. The van der Waals surface area contributed by atoms with E-state index in [-0.39, 0.29) is 12.5 Å². The normalized spacial score (nSPS) is 10.3. The van der Waals surface area contributed by atoms with Gasteiger partial charge in [0.25, 0.3) is 5.91 Å². The van der Waals surface area contributed by atoms with Crippen LogP contribution in [0.5, 0.6) is 5.75 Å². The SMILES string of the molecule is COc1cccc(Cl)c1CNC(=O)c1occc1C. The van der Waals surface area contributed by atoms with E-state index in [0.717, 1.165) is 11.1 Å². The number of methoxy groups -OCH3 is 1. The molecule has 0 aliphatic rings. The summed E-state index contributed by atoms with van der Waals surface area (Å²) in [7, 11) is 1.56. The van der Waals surface area contributed by atoms with Crippen molar-refractivity contribution < 1.29 is 13.9 Å². The van der Waals surface area contributed by atoms with Gasteiger partial charge < -0.3 is 14.5 Å². The molecule has 0 unspecified atom stereocenters. The highest BCUT2D eigenvalue weighted by atomic mass is 35.5. The summed E-state index contributed by atoms with van der Waals surface area (Å²) in [5.74, 6) is 0.680. The summed E-state index contributed by atoms with van der Waals surface area (Å²) < 4.78 is 10.3. The molecule has 0 radical (unpaired) electrons. The van der Waals surface area contributed by atoms with Gasteiger partial charge in [0.05, 0.1) is 13.4 Å². The number of aryl methyl sites for hydroxylation is 1. The summed E-state index contributed by atoms with van der Waals surface area (Å²) in [6, 6.07) is 7.09. The second-order valence-corrected chi connectivity index (χ2v) is 4.44. The van der Waals surface area contributed by atoms with Crippen molar-refractivity contribution in [2.24, 2.45) is 0 Å². The first-order chi connectivity index (χ1) is 9.13. The van der Waals surface area contributed by atoms with Gasteiger partial charge in [0.1, 0.15) is 5.75 Å². The zero-order chi connectivity index (χ0) is 13.8. The summed E-state index contributed by atoms with van der Waals surface area (Å²) in [5.41, 5.74) is 1.54. The lowest BCUT2D eigenvalue weighted by Crippen LogP contribution is -2.23. The number of rotatable bonds is 4. The fourth-order valence-electron chi connectivity index (χ4n) is 1.76. The van der Waals surface area contributed by atoms with Crippen LogP contribution < -0.4 is 10.1 Å². The smallest absolute Gasteiger partial charge is 0.287 e. The number of furan rings is 1. The first-order valence-corrected chi connectivity index (χ1v) is 6.15. The van der Waals surface area contributed by atoms with Crippen molar-refractivity contribution in [3.8, 4) is 5.75 Å². The van der Waals surface area contributed by atoms with Crippen LogP contribution in [-0.4, -0.2) is 13.0 Å². The number of ether oxygens (including phenoxy) is 1. The highest BCUT2D eigenvalue weighted by molar-refractivity contribution is 6.31. The summed E-state index contributed by atoms with van der Waals surface area (Å²) in [6.07, 6.45) is 1.49. The highest BCUT2D eigenvalue weighted by Gasteiger charge is 2.14. The average Bonchev–Trinajstić information content (AvgIpc) is 2.83. The first kappa shape index (κ1) is 13.5. The molecule has 0 saturated heterocycles. The monoisotopic (exact) mass is 279 g/mol. The largest absolute Gasteiger partial charge is 0.496 e. The van der Waals surface area contributed by atoms with Crippen LogP contribution in [-0.2, 0) is 6.54 Å². The van der Waals surface area contributed by atoms with E-state index in [1.165, 1.54) is 6.26 Å². The molecule has 0 atom stereocenters. The molecule has 0 fully saturated rings. The summed E-state index contributed by atoms with van der Waals surface area (Å²) in [5, 5.41) is 3.31. The molecular formula is C14H14ClNO3. The summed E-state index contributed by atoms with van der Waals surface area (Å²) in [6.45, 7) is 2.09. The van der Waals surface area contributed by atoms with Gasteiger partial charge in [-0.05, 0) is 25.1 Å². The summed E-state index contributed by atoms with van der Waals surface area (Å²) >= 11 is 6.09. The molecule has 1 aromatic carbocycles. The number of carbonyl (C=O) groups excluding carboxylic acids is 1. The molecule has 100 valence electrons. The van der Waals surface area contributed by atoms with Crippen molar-refractivity contribution in [1.29, 1.82) is 0 Å². The first-order valence-electron chi connectivity index (χ1n) is 5.77. The molecule has 4 nitrogen and oxygen atoms in total. The van der Waals surface area contributed by atoms with Crippen molar-refractivity contribution in [2.45, 2.75) is 13.5 Å². The molecule has 1 amide bonds. The van der Waals surface area contributed by atoms with Gasteiger partial charge in [-0.15, -0.1) is 0 Å². The lowest BCUT2D eigenvalue weighted by atomic mass is 10.2. The van der Waals surface area contributed by atoms with E-state index in [1.54, 1.807) is 31.4 Å². The van der Waals surface area contributed by atoms with Crippen LogP contribution in [0.3, 0.4) is 0 Å². The van der Waals surface area contributed by atoms with Gasteiger partial charge in [-0.25, -0.2) is 0 Å². The van der Waals surface area contributed by atoms with Crippen LogP contribution in [0.4, 0.5) is 0 Å². The Balaban J connectivity index is 2.11. The van der Waals surface area contributed by atoms with Crippen molar-refractivity contribution >= 4 is 17.5 Å². The van der Waals surface area contributed by atoms with Gasteiger partial charge in [-0.1, -0.05) is 17.7 Å². The molecule has 0 spiro atoms. The zero-order valence-corrected chi connectivity index (χ0v) is 11.5.